The zero-order chi connectivity index (χ0) is 13.5. The first-order valence-electron chi connectivity index (χ1n) is 7.10. The molecule has 1 N–H and O–H groups in total. The summed E-state index contributed by atoms with van der Waals surface area (Å²) in [5.41, 5.74) is 1.30. The van der Waals surface area contributed by atoms with E-state index in [0.29, 0.717) is 5.41 Å². The minimum absolute atomic E-state index is 0.484. The molecule has 1 saturated carbocycles. The lowest BCUT2D eigenvalue weighted by molar-refractivity contribution is 0.379. The van der Waals surface area contributed by atoms with Crippen LogP contribution in [0.1, 0.15) is 39.4 Å². The molecule has 0 radical (unpaired) electrons. The molecule has 3 rings (SSSR count). The molecule has 0 atom stereocenters. The fraction of sp³-hybridized carbons (Fsp3) is 0.643. The zero-order valence-corrected chi connectivity index (χ0v) is 11.8. The Labute approximate surface area is 113 Å². The SMILES string of the molecule is CCc1nnc2ccc(NCC3(C(C)C)CC3)nn12. The summed E-state index contributed by atoms with van der Waals surface area (Å²) in [4.78, 5) is 0. The van der Waals surface area contributed by atoms with Crippen molar-refractivity contribution in [1.29, 1.82) is 0 Å². The topological polar surface area (TPSA) is 55.1 Å². The van der Waals surface area contributed by atoms with Crippen molar-refractivity contribution >= 4 is 11.5 Å². The summed E-state index contributed by atoms with van der Waals surface area (Å²) >= 11 is 0. The molecule has 0 unspecified atom stereocenters. The molecule has 2 aromatic heterocycles. The maximum Gasteiger partial charge on any atom is 0.178 e. The Morgan fingerprint density at radius 1 is 1.32 bits per heavy atom. The largest absolute Gasteiger partial charge is 0.368 e. The predicted molar refractivity (Wildman–Crippen MR) is 75.2 cm³/mol. The van der Waals surface area contributed by atoms with Crippen molar-refractivity contribution in [2.45, 2.75) is 40.0 Å². The first-order valence-corrected chi connectivity index (χ1v) is 7.10. The van der Waals surface area contributed by atoms with Gasteiger partial charge in [-0.3, -0.25) is 0 Å². The van der Waals surface area contributed by atoms with Crippen molar-refractivity contribution < 1.29 is 0 Å². The molecule has 102 valence electrons. The first-order chi connectivity index (χ1) is 9.14. The molecule has 1 aliphatic rings. The van der Waals surface area contributed by atoms with Gasteiger partial charge in [0.25, 0.3) is 0 Å². The molecular weight excluding hydrogens is 238 g/mol. The molecule has 0 spiro atoms. The molecule has 0 aliphatic heterocycles. The van der Waals surface area contributed by atoms with E-state index >= 15 is 0 Å². The predicted octanol–water partition coefficient (Wildman–Crippen LogP) is 2.53. The number of rotatable bonds is 5. The lowest BCUT2D eigenvalue weighted by atomic mass is 9.92. The van der Waals surface area contributed by atoms with Gasteiger partial charge in [-0.05, 0) is 36.3 Å². The summed E-state index contributed by atoms with van der Waals surface area (Å²) in [6, 6.07) is 3.95. The quantitative estimate of drug-likeness (QED) is 0.896. The van der Waals surface area contributed by atoms with E-state index in [9.17, 15) is 0 Å². The molecule has 19 heavy (non-hydrogen) atoms. The number of nitrogens with one attached hydrogen (secondary N) is 1. The van der Waals surface area contributed by atoms with E-state index in [1.165, 1.54) is 12.8 Å². The van der Waals surface area contributed by atoms with Gasteiger partial charge in [0.2, 0.25) is 0 Å². The highest BCUT2D eigenvalue weighted by molar-refractivity contribution is 5.44. The number of anilines is 1. The molecular formula is C14H21N5. The summed E-state index contributed by atoms with van der Waals surface area (Å²) in [5, 5.41) is 16.3. The van der Waals surface area contributed by atoms with Gasteiger partial charge in [-0.25, -0.2) is 0 Å². The molecule has 1 aliphatic carbocycles. The molecule has 2 heterocycles. The highest BCUT2D eigenvalue weighted by Crippen LogP contribution is 2.51. The molecule has 0 aromatic carbocycles. The summed E-state index contributed by atoms with van der Waals surface area (Å²) in [7, 11) is 0. The van der Waals surface area contributed by atoms with Crippen LogP contribution in [-0.2, 0) is 6.42 Å². The molecule has 2 aromatic rings. The van der Waals surface area contributed by atoms with Gasteiger partial charge in [0.1, 0.15) is 5.82 Å². The van der Waals surface area contributed by atoms with Crippen LogP contribution in [0.15, 0.2) is 12.1 Å². The number of hydrogen-bond donors (Lipinski definition) is 1. The third-order valence-electron chi connectivity index (χ3n) is 4.38. The Bertz CT molecular complexity index is 583. The lowest BCUT2D eigenvalue weighted by Crippen LogP contribution is -2.21. The van der Waals surface area contributed by atoms with E-state index in [-0.39, 0.29) is 0 Å². The van der Waals surface area contributed by atoms with Gasteiger partial charge in [-0.15, -0.1) is 15.3 Å². The first kappa shape index (κ1) is 12.4. The summed E-state index contributed by atoms with van der Waals surface area (Å²) in [5.74, 6) is 2.54. The molecule has 5 heteroatoms. The normalized spacial score (nSPS) is 17.1. The van der Waals surface area contributed by atoms with Crippen LogP contribution in [0.3, 0.4) is 0 Å². The highest BCUT2D eigenvalue weighted by atomic mass is 15.4. The van der Waals surface area contributed by atoms with Crippen LogP contribution in [0.4, 0.5) is 5.82 Å². The monoisotopic (exact) mass is 259 g/mol. The van der Waals surface area contributed by atoms with Crippen molar-refractivity contribution in [3.8, 4) is 0 Å². The van der Waals surface area contributed by atoms with Crippen molar-refractivity contribution in [2.24, 2.45) is 11.3 Å². The van der Waals surface area contributed by atoms with Gasteiger partial charge in [-0.1, -0.05) is 20.8 Å². The fourth-order valence-corrected chi connectivity index (χ4v) is 2.53. The zero-order valence-electron chi connectivity index (χ0n) is 11.8. The summed E-state index contributed by atoms with van der Waals surface area (Å²) in [6.07, 6.45) is 3.49. The van der Waals surface area contributed by atoms with Crippen LogP contribution >= 0.6 is 0 Å². The van der Waals surface area contributed by atoms with E-state index in [1.54, 1.807) is 0 Å². The van der Waals surface area contributed by atoms with Crippen LogP contribution in [-0.4, -0.2) is 26.4 Å². The van der Waals surface area contributed by atoms with Gasteiger partial charge in [0, 0.05) is 13.0 Å². The minimum atomic E-state index is 0.484. The number of aryl methyl sites for hydroxylation is 1. The van der Waals surface area contributed by atoms with Crippen LogP contribution in [0.2, 0.25) is 0 Å². The van der Waals surface area contributed by atoms with Gasteiger partial charge in [0.15, 0.2) is 11.5 Å². The van der Waals surface area contributed by atoms with E-state index in [1.807, 2.05) is 16.6 Å². The van der Waals surface area contributed by atoms with Crippen LogP contribution < -0.4 is 5.32 Å². The average Bonchev–Trinajstić information content (AvgIpc) is 3.10. The standard InChI is InChI=1S/C14H21N5/c1-4-12-16-17-13-6-5-11(18-19(12)13)15-9-14(7-8-14)10(2)3/h5-6,10H,4,7-9H2,1-3H3,(H,15,18). The maximum atomic E-state index is 4.58. The highest BCUT2D eigenvalue weighted by Gasteiger charge is 2.44. The van der Waals surface area contributed by atoms with Crippen LogP contribution in [0.5, 0.6) is 0 Å². The maximum absolute atomic E-state index is 4.58. The molecule has 0 amide bonds. The molecule has 5 nitrogen and oxygen atoms in total. The number of nitrogens with zero attached hydrogens (tertiary/aromatic N) is 4. The second-order valence-corrected chi connectivity index (χ2v) is 5.83. The number of hydrogen-bond acceptors (Lipinski definition) is 4. The Balaban J connectivity index is 1.78. The van der Waals surface area contributed by atoms with Gasteiger partial charge in [0.05, 0.1) is 0 Å². The second kappa shape index (κ2) is 4.47. The Morgan fingerprint density at radius 2 is 2.11 bits per heavy atom. The van der Waals surface area contributed by atoms with Crippen molar-refractivity contribution in [2.75, 3.05) is 11.9 Å². The number of fused-ring (bicyclic) bond motifs is 1. The van der Waals surface area contributed by atoms with Crippen LogP contribution in [0, 0.1) is 11.3 Å². The van der Waals surface area contributed by atoms with Gasteiger partial charge >= 0.3 is 0 Å². The summed E-state index contributed by atoms with van der Waals surface area (Å²) < 4.78 is 1.83. The molecule has 0 bridgehead atoms. The van der Waals surface area contributed by atoms with Crippen molar-refractivity contribution in [3.63, 3.8) is 0 Å². The van der Waals surface area contributed by atoms with E-state index in [2.05, 4.69) is 41.4 Å². The third-order valence-corrected chi connectivity index (χ3v) is 4.38. The van der Waals surface area contributed by atoms with Crippen LogP contribution in [0.25, 0.3) is 5.65 Å². The van der Waals surface area contributed by atoms with Crippen molar-refractivity contribution in [1.82, 2.24) is 19.8 Å². The average molecular weight is 259 g/mol. The fourth-order valence-electron chi connectivity index (χ4n) is 2.53. The van der Waals surface area contributed by atoms with Gasteiger partial charge < -0.3 is 5.32 Å². The summed E-state index contributed by atoms with van der Waals surface area (Å²) in [6.45, 7) is 7.68. The Morgan fingerprint density at radius 3 is 2.74 bits per heavy atom. The third kappa shape index (κ3) is 2.17. The molecule has 1 fully saturated rings. The van der Waals surface area contributed by atoms with E-state index < -0.39 is 0 Å². The number of aromatic nitrogens is 4. The molecule has 0 saturated heterocycles. The van der Waals surface area contributed by atoms with E-state index in [0.717, 1.165) is 36.2 Å². The Hall–Kier alpha value is -1.65. The minimum Gasteiger partial charge on any atom is -0.368 e. The van der Waals surface area contributed by atoms with E-state index in [4.69, 9.17) is 0 Å². The van der Waals surface area contributed by atoms with Gasteiger partial charge in [-0.2, -0.15) is 4.52 Å². The second-order valence-electron chi connectivity index (χ2n) is 5.83. The Kier molecular flexibility index (Phi) is 2.92. The lowest BCUT2D eigenvalue weighted by Gasteiger charge is -2.20. The smallest absolute Gasteiger partial charge is 0.178 e. The van der Waals surface area contributed by atoms with Crippen molar-refractivity contribution in [3.05, 3.63) is 18.0 Å².